The molecule has 0 heterocycles. The molecule has 7 heteroatoms. The lowest BCUT2D eigenvalue weighted by Crippen LogP contribution is -2.46. The van der Waals surface area contributed by atoms with Gasteiger partial charge in [-0.25, -0.2) is 4.31 Å². The highest BCUT2D eigenvalue weighted by Crippen LogP contribution is 2.22. The Morgan fingerprint density at radius 3 is 2.14 bits per heavy atom. The summed E-state index contributed by atoms with van der Waals surface area (Å²) in [5.74, 6) is -0.362. The summed E-state index contributed by atoms with van der Waals surface area (Å²) in [5.41, 5.74) is 4.92. The van der Waals surface area contributed by atoms with Crippen LogP contribution in [0.1, 0.15) is 35.2 Å². The molecule has 1 amide bonds. The largest absolute Gasteiger partial charge is 0.348 e. The predicted molar refractivity (Wildman–Crippen MR) is 114 cm³/mol. The molecule has 0 radical (unpaired) electrons. The van der Waals surface area contributed by atoms with Gasteiger partial charge in [0, 0.05) is 14.1 Å². The molecule has 0 aliphatic heterocycles. The number of carbonyl (C=O) groups excluding carboxylic acids is 1. The Hall–Kier alpha value is -2.38. The molecule has 0 aliphatic carbocycles. The fraction of sp³-hybridized carbons (Fsp3) is 0.381. The molecule has 2 rings (SSSR count). The van der Waals surface area contributed by atoms with Crippen LogP contribution in [0.4, 0.5) is 5.69 Å². The molecule has 0 aromatic heterocycles. The Morgan fingerprint density at radius 1 is 1.00 bits per heavy atom. The number of benzene rings is 2. The van der Waals surface area contributed by atoms with Crippen LogP contribution in [0.3, 0.4) is 0 Å². The number of hydrogen-bond acceptors (Lipinski definition) is 3. The van der Waals surface area contributed by atoms with Gasteiger partial charge in [0.2, 0.25) is 5.91 Å². The number of nitrogens with one attached hydrogen (secondary N) is 1. The summed E-state index contributed by atoms with van der Waals surface area (Å²) in [5, 5.41) is 2.93. The predicted octanol–water partition coefficient (Wildman–Crippen LogP) is 3.10. The van der Waals surface area contributed by atoms with Gasteiger partial charge in [-0.3, -0.25) is 4.79 Å². The first-order valence-electron chi connectivity index (χ1n) is 9.16. The highest BCUT2D eigenvalue weighted by Gasteiger charge is 2.27. The highest BCUT2D eigenvalue weighted by atomic mass is 32.2. The molecule has 0 spiro atoms. The minimum atomic E-state index is -3.80. The van der Waals surface area contributed by atoms with Gasteiger partial charge in [-0.15, -0.1) is 0 Å². The summed E-state index contributed by atoms with van der Waals surface area (Å²) in [6, 6.07) is 12.6. The van der Waals surface area contributed by atoms with Crippen LogP contribution in [-0.4, -0.2) is 39.3 Å². The van der Waals surface area contributed by atoms with Gasteiger partial charge < -0.3 is 5.32 Å². The molecule has 6 nitrogen and oxygen atoms in total. The molecule has 0 aliphatic rings. The zero-order valence-electron chi connectivity index (χ0n) is 17.4. The zero-order chi connectivity index (χ0) is 21.1. The van der Waals surface area contributed by atoms with E-state index in [-0.39, 0.29) is 18.5 Å². The molecule has 28 heavy (non-hydrogen) atoms. The van der Waals surface area contributed by atoms with E-state index >= 15 is 0 Å². The number of nitrogens with zero attached hydrogens (tertiary/aromatic N) is 2. The fourth-order valence-corrected chi connectivity index (χ4v) is 4.10. The third kappa shape index (κ3) is 4.91. The van der Waals surface area contributed by atoms with Crippen molar-refractivity contribution in [3.05, 3.63) is 64.7 Å². The maximum Gasteiger partial charge on any atom is 0.304 e. The van der Waals surface area contributed by atoms with Gasteiger partial charge in [0.15, 0.2) is 0 Å². The van der Waals surface area contributed by atoms with E-state index in [1.807, 2.05) is 20.8 Å². The van der Waals surface area contributed by atoms with Crippen molar-refractivity contribution in [1.82, 2.24) is 9.62 Å². The lowest BCUT2D eigenvalue weighted by molar-refractivity contribution is -0.120. The summed E-state index contributed by atoms with van der Waals surface area (Å²) >= 11 is 0. The van der Waals surface area contributed by atoms with Crippen molar-refractivity contribution < 1.29 is 13.2 Å². The van der Waals surface area contributed by atoms with E-state index < -0.39 is 10.2 Å². The standard InChI is InChI=1S/C21H29N3O3S/c1-15-12-17(3)20(13-16(15)2)18(4)22-21(25)14-24(28(26,27)23(5)6)19-10-8-7-9-11-19/h7-13,18H,14H2,1-6H3,(H,22,25)/t18-/m0/s1. The second-order valence-electron chi connectivity index (χ2n) is 7.21. The van der Waals surface area contributed by atoms with E-state index in [9.17, 15) is 13.2 Å². The van der Waals surface area contributed by atoms with E-state index in [4.69, 9.17) is 0 Å². The average Bonchev–Trinajstić information content (AvgIpc) is 2.63. The molecule has 0 saturated carbocycles. The van der Waals surface area contributed by atoms with Gasteiger partial charge in [-0.05, 0) is 62.1 Å². The van der Waals surface area contributed by atoms with Gasteiger partial charge in [0.1, 0.15) is 6.54 Å². The number of anilines is 1. The molecule has 0 saturated heterocycles. The van der Waals surface area contributed by atoms with Gasteiger partial charge in [0.05, 0.1) is 11.7 Å². The lowest BCUT2D eigenvalue weighted by Gasteiger charge is -2.27. The summed E-state index contributed by atoms with van der Waals surface area (Å²) in [4.78, 5) is 12.7. The van der Waals surface area contributed by atoms with Crippen LogP contribution in [0.5, 0.6) is 0 Å². The van der Waals surface area contributed by atoms with Crippen LogP contribution in [-0.2, 0) is 15.0 Å². The van der Waals surface area contributed by atoms with Gasteiger partial charge in [0.25, 0.3) is 0 Å². The third-order valence-electron chi connectivity index (χ3n) is 4.80. The quantitative estimate of drug-likeness (QED) is 0.772. The Balaban J connectivity index is 2.24. The molecule has 0 bridgehead atoms. The smallest absolute Gasteiger partial charge is 0.304 e. The summed E-state index contributed by atoms with van der Waals surface area (Å²) < 4.78 is 27.7. The van der Waals surface area contributed by atoms with Crippen molar-refractivity contribution >= 4 is 21.8 Å². The summed E-state index contributed by atoms with van der Waals surface area (Å²) in [6.45, 7) is 7.71. The molecule has 0 unspecified atom stereocenters. The van der Waals surface area contributed by atoms with Crippen molar-refractivity contribution in [3.63, 3.8) is 0 Å². The number of rotatable bonds is 7. The average molecular weight is 404 g/mol. The van der Waals surface area contributed by atoms with Crippen molar-refractivity contribution in [2.24, 2.45) is 0 Å². The van der Waals surface area contributed by atoms with E-state index in [1.54, 1.807) is 30.3 Å². The van der Waals surface area contributed by atoms with Crippen molar-refractivity contribution in [3.8, 4) is 0 Å². The zero-order valence-corrected chi connectivity index (χ0v) is 18.2. The third-order valence-corrected chi connectivity index (χ3v) is 6.62. The minimum absolute atomic E-state index is 0.230. The Kier molecular flexibility index (Phi) is 6.85. The van der Waals surface area contributed by atoms with E-state index in [0.29, 0.717) is 5.69 Å². The maximum absolute atomic E-state index is 12.7. The molecule has 2 aromatic carbocycles. The normalized spacial score (nSPS) is 12.7. The van der Waals surface area contributed by atoms with Crippen molar-refractivity contribution in [2.45, 2.75) is 33.7 Å². The number of aryl methyl sites for hydroxylation is 3. The second-order valence-corrected chi connectivity index (χ2v) is 9.28. The first kappa shape index (κ1) is 21.9. The molecular formula is C21H29N3O3S. The Bertz CT molecular complexity index is 941. The molecular weight excluding hydrogens is 374 g/mol. The Labute approximate surface area is 168 Å². The SMILES string of the molecule is Cc1cc(C)c([C@H](C)NC(=O)CN(c2ccccc2)S(=O)(=O)N(C)C)cc1C. The monoisotopic (exact) mass is 403 g/mol. The van der Waals surface area contributed by atoms with E-state index in [0.717, 1.165) is 25.3 Å². The van der Waals surface area contributed by atoms with Gasteiger partial charge >= 0.3 is 10.2 Å². The van der Waals surface area contributed by atoms with E-state index in [2.05, 4.69) is 24.4 Å². The number of para-hydroxylation sites is 1. The van der Waals surface area contributed by atoms with E-state index in [1.165, 1.54) is 19.7 Å². The lowest BCUT2D eigenvalue weighted by atomic mass is 9.96. The Morgan fingerprint density at radius 2 is 1.57 bits per heavy atom. The van der Waals surface area contributed by atoms with Crippen LogP contribution in [0.2, 0.25) is 0 Å². The number of amides is 1. The fourth-order valence-electron chi connectivity index (χ4n) is 3.04. The first-order chi connectivity index (χ1) is 13.0. The van der Waals surface area contributed by atoms with Crippen LogP contribution in [0, 0.1) is 20.8 Å². The van der Waals surface area contributed by atoms with Crippen molar-refractivity contribution in [1.29, 1.82) is 0 Å². The molecule has 0 fully saturated rings. The van der Waals surface area contributed by atoms with Crippen LogP contribution in [0.15, 0.2) is 42.5 Å². The van der Waals surface area contributed by atoms with Crippen LogP contribution < -0.4 is 9.62 Å². The number of hydrogen-bond donors (Lipinski definition) is 1. The number of carbonyl (C=O) groups is 1. The molecule has 152 valence electrons. The highest BCUT2D eigenvalue weighted by molar-refractivity contribution is 7.90. The molecule has 2 aromatic rings. The molecule has 1 atom stereocenters. The first-order valence-corrected chi connectivity index (χ1v) is 10.6. The summed E-state index contributed by atoms with van der Waals surface area (Å²) in [6.07, 6.45) is 0. The maximum atomic E-state index is 12.7. The van der Waals surface area contributed by atoms with Crippen LogP contribution >= 0.6 is 0 Å². The minimum Gasteiger partial charge on any atom is -0.348 e. The van der Waals surface area contributed by atoms with Crippen molar-refractivity contribution in [2.75, 3.05) is 24.9 Å². The van der Waals surface area contributed by atoms with Crippen LogP contribution in [0.25, 0.3) is 0 Å². The molecule has 1 N–H and O–H groups in total. The second kappa shape index (κ2) is 8.75. The van der Waals surface area contributed by atoms with Gasteiger partial charge in [-0.2, -0.15) is 12.7 Å². The topological polar surface area (TPSA) is 69.7 Å². The summed E-state index contributed by atoms with van der Waals surface area (Å²) in [7, 11) is -0.905. The van der Waals surface area contributed by atoms with Gasteiger partial charge in [-0.1, -0.05) is 30.3 Å².